The molecule has 0 unspecified atom stereocenters. The Labute approximate surface area is 143 Å². The summed E-state index contributed by atoms with van der Waals surface area (Å²) in [6, 6.07) is 3.82. The van der Waals surface area contributed by atoms with Crippen LogP contribution < -0.4 is 10.2 Å². The van der Waals surface area contributed by atoms with Crippen LogP contribution in [-0.2, 0) is 16.6 Å². The summed E-state index contributed by atoms with van der Waals surface area (Å²) in [4.78, 5) is 41.9. The molecule has 1 N–H and O–H groups in total. The molecule has 2 aromatic heterocycles. The first-order chi connectivity index (χ1) is 12.0. The molecule has 1 saturated heterocycles. The van der Waals surface area contributed by atoms with Gasteiger partial charge in [0.2, 0.25) is 5.91 Å². The number of esters is 1. The van der Waals surface area contributed by atoms with Crippen molar-refractivity contribution in [3.63, 3.8) is 0 Å². The number of rotatable bonds is 4. The highest BCUT2D eigenvalue weighted by molar-refractivity contribution is 6.03. The van der Waals surface area contributed by atoms with Crippen LogP contribution in [0.15, 0.2) is 30.6 Å². The molecule has 1 aliphatic heterocycles. The number of carbonyl (C=O) groups excluding carboxylic acids is 3. The lowest BCUT2D eigenvalue weighted by molar-refractivity contribution is -0.118. The molecule has 0 bridgehead atoms. The number of aromatic nitrogens is 3. The molecule has 1 aliphatic rings. The van der Waals surface area contributed by atoms with Crippen LogP contribution in [0.5, 0.6) is 0 Å². The molecular formula is C16H17N5O4. The predicted molar refractivity (Wildman–Crippen MR) is 87.0 cm³/mol. The van der Waals surface area contributed by atoms with Crippen molar-refractivity contribution in [1.29, 1.82) is 0 Å². The van der Waals surface area contributed by atoms with E-state index in [-0.39, 0.29) is 17.3 Å². The van der Waals surface area contributed by atoms with Crippen LogP contribution in [0.3, 0.4) is 0 Å². The maximum Gasteiger partial charge on any atom is 0.356 e. The largest absolute Gasteiger partial charge is 0.464 e. The summed E-state index contributed by atoms with van der Waals surface area (Å²) in [6.07, 6.45) is 3.82. The van der Waals surface area contributed by atoms with Gasteiger partial charge in [-0.25, -0.2) is 9.78 Å². The Kier molecular flexibility index (Phi) is 4.46. The van der Waals surface area contributed by atoms with Gasteiger partial charge < -0.3 is 15.0 Å². The second-order valence-electron chi connectivity index (χ2n) is 5.58. The Morgan fingerprint density at radius 2 is 2.08 bits per heavy atom. The van der Waals surface area contributed by atoms with Gasteiger partial charge in [0.15, 0.2) is 0 Å². The van der Waals surface area contributed by atoms with E-state index in [1.807, 2.05) is 0 Å². The van der Waals surface area contributed by atoms with Crippen molar-refractivity contribution in [3.05, 3.63) is 42.0 Å². The van der Waals surface area contributed by atoms with Crippen LogP contribution >= 0.6 is 0 Å². The second-order valence-corrected chi connectivity index (χ2v) is 5.58. The first-order valence-electron chi connectivity index (χ1n) is 7.66. The molecule has 2 amide bonds. The third-order valence-electron chi connectivity index (χ3n) is 3.89. The first-order valence-corrected chi connectivity index (χ1v) is 7.66. The van der Waals surface area contributed by atoms with Gasteiger partial charge in [-0.15, -0.1) is 0 Å². The quantitative estimate of drug-likeness (QED) is 0.791. The Morgan fingerprint density at radius 3 is 2.76 bits per heavy atom. The Hall–Kier alpha value is -3.23. The third-order valence-corrected chi connectivity index (χ3v) is 3.89. The van der Waals surface area contributed by atoms with Gasteiger partial charge in [0.05, 0.1) is 19.0 Å². The maximum atomic E-state index is 12.5. The van der Waals surface area contributed by atoms with Gasteiger partial charge in [-0.3, -0.25) is 14.3 Å². The molecule has 0 aliphatic carbocycles. The van der Waals surface area contributed by atoms with E-state index in [1.165, 1.54) is 25.3 Å². The minimum atomic E-state index is -0.642. The fraction of sp³-hybridized carbons (Fsp3) is 0.312. The minimum Gasteiger partial charge on any atom is -0.464 e. The Bertz CT molecular complexity index is 831. The number of hydrogen-bond acceptors (Lipinski definition) is 6. The van der Waals surface area contributed by atoms with Crippen LogP contribution in [-0.4, -0.2) is 52.2 Å². The number of aryl methyl sites for hydroxylation is 1. The van der Waals surface area contributed by atoms with E-state index in [0.29, 0.717) is 18.7 Å². The van der Waals surface area contributed by atoms with Crippen molar-refractivity contribution in [3.8, 4) is 0 Å². The lowest BCUT2D eigenvalue weighted by Gasteiger charge is -2.15. The lowest BCUT2D eigenvalue weighted by Crippen LogP contribution is -2.41. The van der Waals surface area contributed by atoms with E-state index >= 15 is 0 Å². The summed E-state index contributed by atoms with van der Waals surface area (Å²) in [5.41, 5.74) is 0.774. The molecule has 9 nitrogen and oxygen atoms in total. The van der Waals surface area contributed by atoms with Crippen molar-refractivity contribution in [2.24, 2.45) is 7.05 Å². The molecule has 1 atom stereocenters. The predicted octanol–water partition coefficient (Wildman–Crippen LogP) is 0.137. The van der Waals surface area contributed by atoms with E-state index in [1.54, 1.807) is 29.0 Å². The number of anilines is 1. The highest BCUT2D eigenvalue weighted by atomic mass is 16.5. The average Bonchev–Trinajstić information content (AvgIpc) is 3.20. The molecule has 0 aromatic carbocycles. The van der Waals surface area contributed by atoms with E-state index in [4.69, 9.17) is 0 Å². The summed E-state index contributed by atoms with van der Waals surface area (Å²) in [7, 11) is 3.00. The number of pyridine rings is 1. The molecule has 3 rings (SSSR count). The van der Waals surface area contributed by atoms with E-state index in [0.717, 1.165) is 0 Å². The molecule has 0 saturated carbocycles. The van der Waals surface area contributed by atoms with Gasteiger partial charge in [0.25, 0.3) is 5.91 Å². The molecule has 2 aromatic rings. The normalized spacial score (nSPS) is 16.8. The fourth-order valence-corrected chi connectivity index (χ4v) is 2.63. The first kappa shape index (κ1) is 16.6. The highest BCUT2D eigenvalue weighted by Gasteiger charge is 2.34. The summed E-state index contributed by atoms with van der Waals surface area (Å²) in [5.74, 6) is -1.35. The number of carbonyl (C=O) groups is 3. The lowest BCUT2D eigenvalue weighted by atomic mass is 10.2. The molecule has 9 heteroatoms. The summed E-state index contributed by atoms with van der Waals surface area (Å²) in [6.45, 7) is 0.491. The smallest absolute Gasteiger partial charge is 0.356 e. The van der Waals surface area contributed by atoms with E-state index < -0.39 is 17.9 Å². The maximum absolute atomic E-state index is 12.5. The Balaban J connectivity index is 1.69. The second kappa shape index (κ2) is 6.71. The van der Waals surface area contributed by atoms with Crippen molar-refractivity contribution < 1.29 is 19.1 Å². The topological polar surface area (TPSA) is 106 Å². The standard InChI is InChI=1S/C16H17N5O4/c1-20-9-10(8-17-20)21-7-6-12(15(21)23)19-14(22)11-4-3-5-13(18-11)16(24)25-2/h3-5,8-9,12H,6-7H2,1-2H3,(H,19,22)/t12-/m1/s1. The van der Waals surface area contributed by atoms with Crippen molar-refractivity contribution in [2.45, 2.75) is 12.5 Å². The van der Waals surface area contributed by atoms with E-state index in [9.17, 15) is 14.4 Å². The van der Waals surface area contributed by atoms with Gasteiger partial charge in [0, 0.05) is 19.8 Å². The number of amides is 2. The van der Waals surface area contributed by atoms with Crippen LogP contribution in [0.25, 0.3) is 0 Å². The zero-order valence-electron chi connectivity index (χ0n) is 13.8. The molecule has 1 fully saturated rings. The van der Waals surface area contributed by atoms with Crippen LogP contribution in [0.1, 0.15) is 27.4 Å². The molecule has 130 valence electrons. The minimum absolute atomic E-state index is 0.0323. The number of nitrogens with zero attached hydrogens (tertiary/aromatic N) is 4. The van der Waals surface area contributed by atoms with Gasteiger partial charge in [0.1, 0.15) is 17.4 Å². The fourth-order valence-electron chi connectivity index (χ4n) is 2.63. The summed E-state index contributed by atoms with van der Waals surface area (Å²) in [5, 5.41) is 6.71. The monoisotopic (exact) mass is 343 g/mol. The summed E-state index contributed by atoms with van der Waals surface area (Å²) >= 11 is 0. The SMILES string of the molecule is COC(=O)c1cccc(C(=O)N[C@@H]2CCN(c3cnn(C)c3)C2=O)n1. The van der Waals surface area contributed by atoms with Crippen LogP contribution in [0.2, 0.25) is 0 Å². The zero-order valence-corrected chi connectivity index (χ0v) is 13.8. The molecule has 0 radical (unpaired) electrons. The molecule has 25 heavy (non-hydrogen) atoms. The van der Waals surface area contributed by atoms with Crippen LogP contribution in [0.4, 0.5) is 5.69 Å². The number of ether oxygens (including phenoxy) is 1. The number of methoxy groups -OCH3 is 1. The molecule has 3 heterocycles. The summed E-state index contributed by atoms with van der Waals surface area (Å²) < 4.78 is 6.19. The van der Waals surface area contributed by atoms with Gasteiger partial charge in [-0.1, -0.05) is 6.07 Å². The van der Waals surface area contributed by atoms with Crippen molar-refractivity contribution in [2.75, 3.05) is 18.6 Å². The molecule has 0 spiro atoms. The zero-order chi connectivity index (χ0) is 18.0. The van der Waals surface area contributed by atoms with Crippen molar-refractivity contribution >= 4 is 23.5 Å². The Morgan fingerprint density at radius 1 is 1.32 bits per heavy atom. The highest BCUT2D eigenvalue weighted by Crippen LogP contribution is 2.20. The van der Waals surface area contributed by atoms with Gasteiger partial charge in [-0.05, 0) is 18.6 Å². The number of hydrogen-bond donors (Lipinski definition) is 1. The van der Waals surface area contributed by atoms with Crippen LogP contribution in [0, 0.1) is 0 Å². The third kappa shape index (κ3) is 3.35. The van der Waals surface area contributed by atoms with Gasteiger partial charge in [-0.2, -0.15) is 5.10 Å². The number of nitrogens with one attached hydrogen (secondary N) is 1. The van der Waals surface area contributed by atoms with Gasteiger partial charge >= 0.3 is 5.97 Å². The average molecular weight is 343 g/mol. The van der Waals surface area contributed by atoms with Crippen molar-refractivity contribution in [1.82, 2.24) is 20.1 Å². The molecular weight excluding hydrogens is 326 g/mol. The van der Waals surface area contributed by atoms with E-state index in [2.05, 4.69) is 20.1 Å².